The van der Waals surface area contributed by atoms with E-state index in [-0.39, 0.29) is 12.2 Å². The van der Waals surface area contributed by atoms with Crippen molar-refractivity contribution in [3.63, 3.8) is 0 Å². The Morgan fingerprint density at radius 2 is 1.89 bits per heavy atom. The molecule has 0 aliphatic heterocycles. The third-order valence-electron chi connectivity index (χ3n) is 2.78. The average Bonchev–Trinajstić information content (AvgIpc) is 2.39. The maximum absolute atomic E-state index is 13.4. The lowest BCUT2D eigenvalue weighted by atomic mass is 10.1. The molecule has 0 radical (unpaired) electrons. The number of aryl methyl sites for hydroxylation is 1. The molecule has 0 unspecified atom stereocenters. The van der Waals surface area contributed by atoms with E-state index in [1.165, 1.54) is 18.2 Å². The molecule has 2 aromatic rings. The highest BCUT2D eigenvalue weighted by molar-refractivity contribution is 5.40. The van der Waals surface area contributed by atoms with Gasteiger partial charge in [0.05, 0.1) is 12.2 Å². The number of aliphatic hydroxyl groups is 1. The lowest BCUT2D eigenvalue weighted by Gasteiger charge is -2.09. The minimum Gasteiger partial charge on any atom is -0.457 e. The second kappa shape index (κ2) is 5.51. The van der Waals surface area contributed by atoms with Gasteiger partial charge in [-0.3, -0.25) is 0 Å². The number of hydrogen-bond acceptors (Lipinski definition) is 3. The number of nitriles is 1. The van der Waals surface area contributed by atoms with Gasteiger partial charge < -0.3 is 9.84 Å². The number of ether oxygens (including phenoxy) is 1. The summed E-state index contributed by atoms with van der Waals surface area (Å²) in [5.41, 5.74) is 1.70. The molecule has 0 amide bonds. The number of rotatable bonds is 3. The number of hydrogen-bond donors (Lipinski definition) is 1. The minimum atomic E-state index is -0.608. The average molecular weight is 257 g/mol. The molecule has 0 saturated heterocycles. The van der Waals surface area contributed by atoms with Gasteiger partial charge >= 0.3 is 0 Å². The Morgan fingerprint density at radius 3 is 2.47 bits per heavy atom. The van der Waals surface area contributed by atoms with Gasteiger partial charge in [0, 0.05) is 6.07 Å². The fourth-order valence-electron chi connectivity index (χ4n) is 1.70. The summed E-state index contributed by atoms with van der Waals surface area (Å²) in [7, 11) is 0. The Kier molecular flexibility index (Phi) is 3.79. The van der Waals surface area contributed by atoms with Crippen LogP contribution in [-0.2, 0) is 6.61 Å². The summed E-state index contributed by atoms with van der Waals surface area (Å²) in [5.74, 6) is 0.273. The van der Waals surface area contributed by atoms with Crippen LogP contribution in [0.1, 0.15) is 16.7 Å². The lowest BCUT2D eigenvalue weighted by Crippen LogP contribution is -1.91. The van der Waals surface area contributed by atoms with Gasteiger partial charge in [0.25, 0.3) is 0 Å². The Morgan fingerprint density at radius 1 is 1.21 bits per heavy atom. The van der Waals surface area contributed by atoms with Crippen molar-refractivity contribution in [2.75, 3.05) is 0 Å². The number of aliphatic hydroxyl groups excluding tert-OH is 1. The molecule has 0 fully saturated rings. The van der Waals surface area contributed by atoms with E-state index in [9.17, 15) is 4.39 Å². The Balaban J connectivity index is 2.24. The van der Waals surface area contributed by atoms with Crippen molar-refractivity contribution < 1.29 is 14.2 Å². The molecule has 0 atom stereocenters. The van der Waals surface area contributed by atoms with Gasteiger partial charge in [0.1, 0.15) is 23.4 Å². The van der Waals surface area contributed by atoms with Gasteiger partial charge in [0.15, 0.2) is 0 Å². The highest BCUT2D eigenvalue weighted by atomic mass is 19.1. The van der Waals surface area contributed by atoms with Crippen LogP contribution < -0.4 is 4.74 Å². The summed E-state index contributed by atoms with van der Waals surface area (Å²) in [5, 5.41) is 17.7. The molecule has 0 spiro atoms. The van der Waals surface area contributed by atoms with Crippen molar-refractivity contribution in [1.82, 2.24) is 0 Å². The molecule has 0 saturated carbocycles. The highest BCUT2D eigenvalue weighted by Crippen LogP contribution is 2.25. The Hall–Kier alpha value is -2.38. The lowest BCUT2D eigenvalue weighted by molar-refractivity contribution is 0.281. The predicted octanol–water partition coefficient (Wildman–Crippen LogP) is 3.29. The zero-order chi connectivity index (χ0) is 13.8. The van der Waals surface area contributed by atoms with Crippen molar-refractivity contribution in [2.45, 2.75) is 13.5 Å². The van der Waals surface area contributed by atoms with Crippen molar-refractivity contribution in [3.05, 3.63) is 58.9 Å². The summed E-state index contributed by atoms with van der Waals surface area (Å²) in [6.07, 6.45) is 0. The van der Waals surface area contributed by atoms with Gasteiger partial charge in [-0.2, -0.15) is 5.26 Å². The molecule has 0 aliphatic carbocycles. The van der Waals surface area contributed by atoms with E-state index in [0.717, 1.165) is 11.1 Å². The molecule has 0 aliphatic rings. The molecule has 4 heteroatoms. The van der Waals surface area contributed by atoms with Crippen molar-refractivity contribution >= 4 is 0 Å². The van der Waals surface area contributed by atoms with Crippen LogP contribution >= 0.6 is 0 Å². The smallest absolute Gasteiger partial charge is 0.144 e. The molecule has 0 aromatic heterocycles. The zero-order valence-electron chi connectivity index (χ0n) is 10.4. The van der Waals surface area contributed by atoms with Crippen LogP contribution in [0.15, 0.2) is 36.4 Å². The molecule has 0 heterocycles. The Bertz CT molecular complexity index is 647. The summed E-state index contributed by atoms with van der Waals surface area (Å²) in [6, 6.07) is 11.1. The molecule has 2 aromatic carbocycles. The first-order valence-corrected chi connectivity index (χ1v) is 5.72. The van der Waals surface area contributed by atoms with E-state index >= 15 is 0 Å². The second-order valence-electron chi connectivity index (χ2n) is 4.10. The van der Waals surface area contributed by atoms with Gasteiger partial charge in [-0.1, -0.05) is 6.07 Å². The molecule has 3 nitrogen and oxygen atoms in total. The van der Waals surface area contributed by atoms with Crippen LogP contribution in [0.25, 0.3) is 0 Å². The number of nitrogens with zero attached hydrogens (tertiary/aromatic N) is 1. The molecule has 1 N–H and O–H groups in total. The second-order valence-corrected chi connectivity index (χ2v) is 4.10. The van der Waals surface area contributed by atoms with Crippen LogP contribution in [-0.4, -0.2) is 5.11 Å². The van der Waals surface area contributed by atoms with Crippen LogP contribution in [0.2, 0.25) is 0 Å². The largest absolute Gasteiger partial charge is 0.457 e. The normalized spacial score (nSPS) is 10.0. The van der Waals surface area contributed by atoms with Crippen LogP contribution in [0.5, 0.6) is 11.5 Å². The first-order chi connectivity index (χ1) is 9.13. The SMILES string of the molecule is Cc1cc(Oc2ccc(C#N)c(F)c2)ccc1CO. The molecular weight excluding hydrogens is 245 g/mol. The topological polar surface area (TPSA) is 53.2 Å². The monoisotopic (exact) mass is 257 g/mol. The van der Waals surface area contributed by atoms with E-state index in [2.05, 4.69) is 0 Å². The van der Waals surface area contributed by atoms with Gasteiger partial charge in [-0.15, -0.1) is 0 Å². The van der Waals surface area contributed by atoms with E-state index < -0.39 is 5.82 Å². The van der Waals surface area contributed by atoms with Crippen molar-refractivity contribution in [1.29, 1.82) is 5.26 Å². The summed E-state index contributed by atoms with van der Waals surface area (Å²) >= 11 is 0. The van der Waals surface area contributed by atoms with Gasteiger partial charge in [0.2, 0.25) is 0 Å². The predicted molar refractivity (Wildman–Crippen MR) is 68.3 cm³/mol. The molecule has 19 heavy (non-hydrogen) atoms. The molecule has 96 valence electrons. The Labute approximate surface area is 110 Å². The first kappa shape index (κ1) is 13.1. The highest BCUT2D eigenvalue weighted by Gasteiger charge is 2.05. The van der Waals surface area contributed by atoms with E-state index in [4.69, 9.17) is 15.1 Å². The van der Waals surface area contributed by atoms with Gasteiger partial charge in [-0.05, 0) is 42.3 Å². The fraction of sp³-hybridized carbons (Fsp3) is 0.133. The summed E-state index contributed by atoms with van der Waals surface area (Å²) in [6.45, 7) is 1.83. The summed E-state index contributed by atoms with van der Waals surface area (Å²) in [4.78, 5) is 0. The number of benzene rings is 2. The van der Waals surface area contributed by atoms with E-state index in [1.807, 2.05) is 6.92 Å². The first-order valence-electron chi connectivity index (χ1n) is 5.72. The van der Waals surface area contributed by atoms with Gasteiger partial charge in [-0.25, -0.2) is 4.39 Å². The number of halogens is 1. The zero-order valence-corrected chi connectivity index (χ0v) is 10.4. The quantitative estimate of drug-likeness (QED) is 0.917. The molecule has 0 bridgehead atoms. The maximum atomic E-state index is 13.4. The van der Waals surface area contributed by atoms with Crippen LogP contribution in [0.4, 0.5) is 4.39 Å². The standard InChI is InChI=1S/C15H12FNO2/c1-10-6-13(5-3-12(10)9-18)19-14-4-2-11(8-17)15(16)7-14/h2-7,18H,9H2,1H3. The molecule has 2 rings (SSSR count). The van der Waals surface area contributed by atoms with Crippen molar-refractivity contribution in [3.8, 4) is 17.6 Å². The maximum Gasteiger partial charge on any atom is 0.144 e. The van der Waals surface area contributed by atoms with Crippen LogP contribution in [0.3, 0.4) is 0 Å². The van der Waals surface area contributed by atoms with Crippen molar-refractivity contribution in [2.24, 2.45) is 0 Å². The fourth-order valence-corrected chi connectivity index (χ4v) is 1.70. The third-order valence-corrected chi connectivity index (χ3v) is 2.78. The summed E-state index contributed by atoms with van der Waals surface area (Å²) < 4.78 is 18.9. The third kappa shape index (κ3) is 2.90. The van der Waals surface area contributed by atoms with E-state index in [0.29, 0.717) is 11.5 Å². The minimum absolute atomic E-state index is 0.0147. The molecular formula is C15H12FNO2. The van der Waals surface area contributed by atoms with Crippen LogP contribution in [0, 0.1) is 24.1 Å². The van der Waals surface area contributed by atoms with E-state index in [1.54, 1.807) is 24.3 Å².